The third-order valence-electron chi connectivity index (χ3n) is 6.74. The number of aliphatic hydroxyl groups excluding tert-OH is 1. The van der Waals surface area contributed by atoms with Crippen molar-refractivity contribution in [3.63, 3.8) is 0 Å². The Kier molecular flexibility index (Phi) is 6.47. The van der Waals surface area contributed by atoms with Crippen molar-refractivity contribution < 1.29 is 28.9 Å². The summed E-state index contributed by atoms with van der Waals surface area (Å²) < 4.78 is 17.2. The van der Waals surface area contributed by atoms with E-state index in [1.807, 2.05) is 48.5 Å². The van der Waals surface area contributed by atoms with Gasteiger partial charge in [-0.3, -0.25) is 14.5 Å². The van der Waals surface area contributed by atoms with Crippen LogP contribution in [0.1, 0.15) is 22.7 Å². The van der Waals surface area contributed by atoms with Gasteiger partial charge in [-0.15, -0.1) is 0 Å². The number of fused-ring (bicyclic) bond motifs is 1. The number of benzene rings is 4. The van der Waals surface area contributed by atoms with E-state index in [9.17, 15) is 14.7 Å². The molecule has 4 aromatic rings. The maximum absolute atomic E-state index is 13.4. The van der Waals surface area contributed by atoms with E-state index in [0.717, 1.165) is 5.56 Å². The Labute approximate surface area is 225 Å². The third-order valence-corrected chi connectivity index (χ3v) is 6.74. The number of carbonyl (C=O) groups is 2. The number of ether oxygens (including phenoxy) is 3. The second-order valence-corrected chi connectivity index (χ2v) is 9.21. The zero-order valence-electron chi connectivity index (χ0n) is 20.9. The van der Waals surface area contributed by atoms with E-state index in [-0.39, 0.29) is 11.3 Å². The minimum Gasteiger partial charge on any atom is -0.507 e. The van der Waals surface area contributed by atoms with E-state index in [0.29, 0.717) is 53.9 Å². The Hall–Kier alpha value is -5.04. The molecule has 1 fully saturated rings. The van der Waals surface area contributed by atoms with E-state index in [1.54, 1.807) is 54.6 Å². The van der Waals surface area contributed by atoms with Crippen LogP contribution in [0.25, 0.3) is 5.76 Å². The van der Waals surface area contributed by atoms with Gasteiger partial charge in [0.2, 0.25) is 0 Å². The van der Waals surface area contributed by atoms with Gasteiger partial charge in [-0.1, -0.05) is 60.7 Å². The van der Waals surface area contributed by atoms with Gasteiger partial charge in [-0.05, 0) is 53.6 Å². The van der Waals surface area contributed by atoms with Crippen molar-refractivity contribution in [2.24, 2.45) is 0 Å². The summed E-state index contributed by atoms with van der Waals surface area (Å²) in [6.45, 7) is 1.23. The van der Waals surface area contributed by atoms with Gasteiger partial charge in [0.1, 0.15) is 31.3 Å². The van der Waals surface area contributed by atoms with Gasteiger partial charge in [0, 0.05) is 11.3 Å². The fourth-order valence-electron chi connectivity index (χ4n) is 4.84. The molecule has 0 radical (unpaired) electrons. The molecule has 7 nitrogen and oxygen atoms in total. The van der Waals surface area contributed by atoms with E-state index in [4.69, 9.17) is 14.2 Å². The number of anilines is 1. The Balaban J connectivity index is 1.39. The Bertz CT molecular complexity index is 1550. The lowest BCUT2D eigenvalue weighted by molar-refractivity contribution is -0.132. The molecule has 4 aromatic carbocycles. The number of hydrogen-bond donors (Lipinski definition) is 1. The maximum atomic E-state index is 13.4. The second-order valence-electron chi connectivity index (χ2n) is 9.21. The van der Waals surface area contributed by atoms with Crippen molar-refractivity contribution in [3.8, 4) is 17.2 Å². The molecule has 1 atom stereocenters. The highest BCUT2D eigenvalue weighted by Gasteiger charge is 2.47. The lowest BCUT2D eigenvalue weighted by Gasteiger charge is -2.25. The highest BCUT2D eigenvalue weighted by molar-refractivity contribution is 6.51. The number of carbonyl (C=O) groups excluding carboxylic acids is 2. The van der Waals surface area contributed by atoms with Crippen LogP contribution >= 0.6 is 0 Å². The van der Waals surface area contributed by atoms with Gasteiger partial charge < -0.3 is 19.3 Å². The smallest absolute Gasteiger partial charge is 0.300 e. The lowest BCUT2D eigenvalue weighted by atomic mass is 9.95. The van der Waals surface area contributed by atoms with Gasteiger partial charge in [0.15, 0.2) is 11.5 Å². The normalized spacial score (nSPS) is 17.7. The van der Waals surface area contributed by atoms with Gasteiger partial charge in [0.05, 0.1) is 11.6 Å². The van der Waals surface area contributed by atoms with Crippen LogP contribution in [0.4, 0.5) is 5.69 Å². The van der Waals surface area contributed by atoms with Crippen LogP contribution < -0.4 is 19.1 Å². The molecule has 2 aliphatic rings. The maximum Gasteiger partial charge on any atom is 0.300 e. The molecule has 7 heteroatoms. The quantitative estimate of drug-likeness (QED) is 0.201. The van der Waals surface area contributed by atoms with Crippen LogP contribution in [0.15, 0.2) is 109 Å². The summed E-state index contributed by atoms with van der Waals surface area (Å²) >= 11 is 0. The predicted molar refractivity (Wildman–Crippen MR) is 146 cm³/mol. The molecule has 0 aliphatic carbocycles. The summed E-state index contributed by atoms with van der Waals surface area (Å²) in [4.78, 5) is 28.2. The average molecular weight is 520 g/mol. The molecule has 2 heterocycles. The molecular formula is C32H25NO6. The van der Waals surface area contributed by atoms with Crippen LogP contribution in [0.3, 0.4) is 0 Å². The first-order chi connectivity index (χ1) is 19.1. The Morgan fingerprint density at radius 2 is 1.49 bits per heavy atom. The first-order valence-corrected chi connectivity index (χ1v) is 12.6. The highest BCUT2D eigenvalue weighted by Crippen LogP contribution is 2.43. The minimum atomic E-state index is -0.844. The molecule has 0 saturated carbocycles. The number of Topliss-reactive ketones (excluding diaryl/α,β-unsaturated/α-hetero) is 1. The second kappa shape index (κ2) is 10.4. The van der Waals surface area contributed by atoms with Gasteiger partial charge in [-0.25, -0.2) is 0 Å². The third kappa shape index (κ3) is 4.70. The Morgan fingerprint density at radius 3 is 2.21 bits per heavy atom. The zero-order valence-corrected chi connectivity index (χ0v) is 20.9. The van der Waals surface area contributed by atoms with Crippen LogP contribution in [0.5, 0.6) is 17.2 Å². The van der Waals surface area contributed by atoms with Gasteiger partial charge in [-0.2, -0.15) is 0 Å². The van der Waals surface area contributed by atoms with Gasteiger partial charge >= 0.3 is 0 Å². The predicted octanol–water partition coefficient (Wildman–Crippen LogP) is 5.66. The molecule has 39 heavy (non-hydrogen) atoms. The molecule has 1 amide bonds. The van der Waals surface area contributed by atoms with Crippen molar-refractivity contribution in [1.82, 2.24) is 0 Å². The van der Waals surface area contributed by atoms with E-state index >= 15 is 0 Å². The fourth-order valence-corrected chi connectivity index (χ4v) is 4.84. The van der Waals surface area contributed by atoms with E-state index < -0.39 is 17.7 Å². The molecular weight excluding hydrogens is 494 g/mol. The number of aliphatic hydroxyl groups is 1. The van der Waals surface area contributed by atoms with E-state index in [2.05, 4.69) is 0 Å². The standard InChI is InChI=1S/C32H25NO6/c34-30(23-13-16-26-27(19-23)38-18-17-37-26)28-29(33(32(36)31(28)35)24-9-5-2-6-10-24)22-11-14-25(15-12-22)39-20-21-7-3-1-4-8-21/h1-16,19,29,34H,17-18,20H2/b30-28-. The summed E-state index contributed by atoms with van der Waals surface area (Å²) in [6, 6.07) is 30.1. The largest absolute Gasteiger partial charge is 0.507 e. The SMILES string of the molecule is O=C1C(=O)N(c2ccccc2)C(c2ccc(OCc3ccccc3)cc2)/C1=C(/O)c1ccc2c(c1)OCCO2. The first kappa shape index (κ1) is 24.3. The monoisotopic (exact) mass is 519 g/mol. The van der Waals surface area contributed by atoms with Crippen molar-refractivity contribution >= 4 is 23.1 Å². The van der Waals surface area contributed by atoms with E-state index in [1.165, 1.54) is 4.90 Å². The molecule has 2 aliphatic heterocycles. The highest BCUT2D eigenvalue weighted by atomic mass is 16.6. The fraction of sp³-hybridized carbons (Fsp3) is 0.125. The van der Waals surface area contributed by atoms with Gasteiger partial charge in [0.25, 0.3) is 11.7 Å². The Morgan fingerprint density at radius 1 is 0.821 bits per heavy atom. The molecule has 1 N–H and O–H groups in total. The van der Waals surface area contributed by atoms with Crippen LogP contribution in [0, 0.1) is 0 Å². The zero-order chi connectivity index (χ0) is 26.8. The number of para-hydroxylation sites is 1. The van der Waals surface area contributed by atoms with Crippen LogP contribution in [-0.2, 0) is 16.2 Å². The molecule has 0 aromatic heterocycles. The minimum absolute atomic E-state index is 0.00140. The summed E-state index contributed by atoms with van der Waals surface area (Å²) in [5, 5.41) is 11.4. The number of amides is 1. The van der Waals surface area contributed by atoms with Crippen molar-refractivity contribution in [2.75, 3.05) is 18.1 Å². The number of rotatable bonds is 6. The molecule has 0 bridgehead atoms. The molecule has 0 spiro atoms. The van der Waals surface area contributed by atoms with Crippen LogP contribution in [0.2, 0.25) is 0 Å². The summed E-state index contributed by atoms with van der Waals surface area (Å²) in [5.74, 6) is -0.0798. The summed E-state index contributed by atoms with van der Waals surface area (Å²) in [5.41, 5.74) is 2.61. The number of ketones is 1. The van der Waals surface area contributed by atoms with Crippen molar-refractivity contribution in [1.29, 1.82) is 0 Å². The summed E-state index contributed by atoms with van der Waals surface area (Å²) in [6.07, 6.45) is 0. The number of nitrogens with zero attached hydrogens (tertiary/aromatic N) is 1. The van der Waals surface area contributed by atoms with Crippen molar-refractivity contribution in [2.45, 2.75) is 12.6 Å². The topological polar surface area (TPSA) is 85.3 Å². The molecule has 194 valence electrons. The molecule has 1 unspecified atom stereocenters. The van der Waals surface area contributed by atoms with Crippen LogP contribution in [-0.4, -0.2) is 30.0 Å². The first-order valence-electron chi connectivity index (χ1n) is 12.6. The molecule has 6 rings (SSSR count). The molecule has 1 saturated heterocycles. The van der Waals surface area contributed by atoms with Crippen molar-refractivity contribution in [3.05, 3.63) is 125 Å². The average Bonchev–Trinajstić information content (AvgIpc) is 3.26. The lowest BCUT2D eigenvalue weighted by Crippen LogP contribution is -2.29. The summed E-state index contributed by atoms with van der Waals surface area (Å²) in [7, 11) is 0. The number of hydrogen-bond acceptors (Lipinski definition) is 6.